The van der Waals surface area contributed by atoms with Crippen molar-refractivity contribution in [3.63, 3.8) is 0 Å². The van der Waals surface area contributed by atoms with Crippen molar-refractivity contribution in [2.24, 2.45) is 5.73 Å². The van der Waals surface area contributed by atoms with Crippen LogP contribution in [-0.4, -0.2) is 54.6 Å². The highest BCUT2D eigenvalue weighted by Crippen LogP contribution is 2.50. The average Bonchev–Trinajstić information content (AvgIpc) is 2.40. The van der Waals surface area contributed by atoms with Crippen molar-refractivity contribution in [3.05, 3.63) is 29.8 Å². The van der Waals surface area contributed by atoms with Crippen LogP contribution in [0.4, 0.5) is 0 Å². The molecule has 1 atom stereocenters. The fraction of sp³-hybridized carbons (Fsp3) is 0.462. The van der Waals surface area contributed by atoms with E-state index in [0.717, 1.165) is 5.56 Å². The molecular weight excluding hydrogens is 293 g/mol. The van der Waals surface area contributed by atoms with Crippen LogP contribution >= 0.6 is 7.67 Å². The Labute approximate surface area is 124 Å². The maximum atomic E-state index is 12.7. The second kappa shape index (κ2) is 7.04. The molecule has 0 aliphatic heterocycles. The van der Waals surface area contributed by atoms with Gasteiger partial charge in [0.25, 0.3) is 0 Å². The number of hydrogen-bond acceptors (Lipinski definition) is 4. The van der Waals surface area contributed by atoms with Crippen molar-refractivity contribution in [2.45, 2.75) is 12.5 Å². The van der Waals surface area contributed by atoms with Crippen LogP contribution in [0.25, 0.3) is 0 Å². The van der Waals surface area contributed by atoms with Crippen LogP contribution in [0.15, 0.2) is 24.3 Å². The molecule has 7 nitrogen and oxygen atoms in total. The molecule has 1 aromatic rings. The molecule has 0 fully saturated rings. The summed E-state index contributed by atoms with van der Waals surface area (Å²) in [6, 6.07) is 5.81. The SMILES string of the molecule is CN(C)P(=O)(Oc1ccc(C[C@H](N)C(=O)O)cc1)N(C)C. The Hall–Kier alpha value is -1.40. The van der Waals surface area contributed by atoms with E-state index in [9.17, 15) is 9.36 Å². The van der Waals surface area contributed by atoms with E-state index < -0.39 is 19.7 Å². The minimum atomic E-state index is -3.10. The highest BCUT2D eigenvalue weighted by atomic mass is 31.2. The lowest BCUT2D eigenvalue weighted by Crippen LogP contribution is -2.32. The van der Waals surface area contributed by atoms with Crippen LogP contribution in [0.1, 0.15) is 5.56 Å². The molecule has 0 aliphatic rings. The van der Waals surface area contributed by atoms with E-state index in [2.05, 4.69) is 0 Å². The Morgan fingerprint density at radius 2 is 1.71 bits per heavy atom. The van der Waals surface area contributed by atoms with Crippen LogP contribution in [0.2, 0.25) is 0 Å². The van der Waals surface area contributed by atoms with E-state index in [-0.39, 0.29) is 6.42 Å². The number of aliphatic carboxylic acids is 1. The van der Waals surface area contributed by atoms with Crippen molar-refractivity contribution in [2.75, 3.05) is 28.2 Å². The summed E-state index contributed by atoms with van der Waals surface area (Å²) in [5, 5.41) is 8.78. The second-order valence-electron chi connectivity index (χ2n) is 5.07. The van der Waals surface area contributed by atoms with Gasteiger partial charge in [0.2, 0.25) is 0 Å². The zero-order valence-corrected chi connectivity index (χ0v) is 13.6. The van der Waals surface area contributed by atoms with Crippen LogP contribution in [0.5, 0.6) is 5.75 Å². The van der Waals surface area contributed by atoms with Crippen LogP contribution in [-0.2, 0) is 15.8 Å². The van der Waals surface area contributed by atoms with Gasteiger partial charge in [-0.1, -0.05) is 12.1 Å². The standard InChI is InChI=1S/C13H22N3O4P/c1-15(2)21(19,16(3)4)20-11-7-5-10(6-8-11)9-12(14)13(17)18/h5-8,12H,9,14H2,1-4H3,(H,17,18)/t12-/m0/s1. The number of nitrogens with zero attached hydrogens (tertiary/aromatic N) is 2. The van der Waals surface area contributed by atoms with E-state index in [1.165, 1.54) is 9.34 Å². The van der Waals surface area contributed by atoms with Gasteiger partial charge in [0.05, 0.1) is 0 Å². The number of benzene rings is 1. The summed E-state index contributed by atoms with van der Waals surface area (Å²) in [5.74, 6) is -0.589. The number of rotatable bonds is 7. The van der Waals surface area contributed by atoms with Gasteiger partial charge in [-0.15, -0.1) is 0 Å². The summed E-state index contributed by atoms with van der Waals surface area (Å²) in [7, 11) is 3.63. The number of hydrogen-bond donors (Lipinski definition) is 2. The van der Waals surface area contributed by atoms with E-state index >= 15 is 0 Å². The summed E-state index contributed by atoms with van der Waals surface area (Å²) in [6.07, 6.45) is 0.231. The first-order valence-corrected chi connectivity index (χ1v) is 7.92. The number of carbonyl (C=O) groups is 1. The van der Waals surface area contributed by atoms with Gasteiger partial charge in [-0.3, -0.25) is 4.79 Å². The van der Waals surface area contributed by atoms with Crippen LogP contribution in [0.3, 0.4) is 0 Å². The van der Waals surface area contributed by atoms with Gasteiger partial charge in [0, 0.05) is 0 Å². The highest BCUT2D eigenvalue weighted by molar-refractivity contribution is 7.54. The topological polar surface area (TPSA) is 96.1 Å². The number of carboxylic acid groups (broad SMARTS) is 1. The van der Waals surface area contributed by atoms with Crippen LogP contribution in [0, 0.1) is 0 Å². The molecule has 0 bridgehead atoms. The van der Waals surface area contributed by atoms with Gasteiger partial charge in [-0.2, -0.15) is 0 Å². The minimum Gasteiger partial charge on any atom is -0.480 e. The number of carboxylic acids is 1. The predicted octanol–water partition coefficient (Wildman–Crippen LogP) is 1.25. The van der Waals surface area contributed by atoms with Crippen molar-refractivity contribution < 1.29 is 19.0 Å². The Bertz CT molecular complexity index is 519. The molecule has 21 heavy (non-hydrogen) atoms. The van der Waals surface area contributed by atoms with Gasteiger partial charge < -0.3 is 15.4 Å². The Morgan fingerprint density at radius 1 is 1.24 bits per heavy atom. The molecule has 0 heterocycles. The van der Waals surface area contributed by atoms with Gasteiger partial charge >= 0.3 is 13.6 Å². The molecule has 0 saturated heterocycles. The average molecular weight is 315 g/mol. The molecule has 0 aliphatic carbocycles. The smallest absolute Gasteiger partial charge is 0.394 e. The third-order valence-corrected chi connectivity index (χ3v) is 5.40. The molecule has 0 saturated carbocycles. The Kier molecular flexibility index (Phi) is 5.92. The third-order valence-electron chi connectivity index (χ3n) is 2.93. The lowest BCUT2D eigenvalue weighted by Gasteiger charge is -2.29. The van der Waals surface area contributed by atoms with E-state index in [0.29, 0.717) is 5.75 Å². The summed E-state index contributed by atoms with van der Waals surface area (Å²) in [6.45, 7) is 0. The Morgan fingerprint density at radius 3 is 2.10 bits per heavy atom. The predicted molar refractivity (Wildman–Crippen MR) is 81.4 cm³/mol. The van der Waals surface area contributed by atoms with E-state index in [4.69, 9.17) is 15.4 Å². The summed E-state index contributed by atoms with van der Waals surface area (Å²) < 4.78 is 21.3. The maximum absolute atomic E-state index is 12.7. The molecule has 0 unspecified atom stereocenters. The minimum absolute atomic E-state index is 0.231. The summed E-state index contributed by atoms with van der Waals surface area (Å²) in [4.78, 5) is 10.7. The highest BCUT2D eigenvalue weighted by Gasteiger charge is 2.31. The lowest BCUT2D eigenvalue weighted by molar-refractivity contribution is -0.138. The second-order valence-corrected chi connectivity index (χ2v) is 7.83. The van der Waals surface area contributed by atoms with Crippen molar-refractivity contribution in [1.82, 2.24) is 9.34 Å². The molecule has 118 valence electrons. The first kappa shape index (κ1) is 17.7. The molecule has 0 aromatic heterocycles. The molecule has 1 rings (SSSR count). The van der Waals surface area contributed by atoms with Gasteiger partial charge in [0.15, 0.2) is 0 Å². The number of nitrogens with two attached hydrogens (primary N) is 1. The zero-order chi connectivity index (χ0) is 16.2. The van der Waals surface area contributed by atoms with E-state index in [1.54, 1.807) is 52.5 Å². The fourth-order valence-corrected chi connectivity index (χ4v) is 3.12. The monoisotopic (exact) mass is 315 g/mol. The third kappa shape index (κ3) is 4.54. The van der Waals surface area contributed by atoms with Gasteiger partial charge in [-0.05, 0) is 52.3 Å². The molecule has 0 spiro atoms. The maximum Gasteiger partial charge on any atom is 0.394 e. The molecular formula is C13H22N3O4P. The first-order chi connectivity index (χ1) is 9.66. The molecule has 0 amide bonds. The molecule has 1 aromatic carbocycles. The first-order valence-electron chi connectivity index (χ1n) is 6.39. The summed E-state index contributed by atoms with van der Waals surface area (Å²) >= 11 is 0. The van der Waals surface area contributed by atoms with Gasteiger partial charge in [0.1, 0.15) is 11.8 Å². The normalized spacial score (nSPS) is 13.5. The largest absolute Gasteiger partial charge is 0.480 e. The van der Waals surface area contributed by atoms with Crippen molar-refractivity contribution in [3.8, 4) is 5.75 Å². The van der Waals surface area contributed by atoms with Gasteiger partial charge in [-0.25, -0.2) is 13.9 Å². The quantitative estimate of drug-likeness (QED) is 0.731. The van der Waals surface area contributed by atoms with Crippen molar-refractivity contribution >= 4 is 13.6 Å². The fourth-order valence-electron chi connectivity index (χ4n) is 1.69. The molecule has 0 radical (unpaired) electrons. The lowest BCUT2D eigenvalue weighted by atomic mass is 10.1. The summed E-state index contributed by atoms with van der Waals surface area (Å²) in [5.41, 5.74) is 6.26. The van der Waals surface area contributed by atoms with Crippen molar-refractivity contribution in [1.29, 1.82) is 0 Å². The molecule has 8 heteroatoms. The molecule has 3 N–H and O–H groups in total. The Balaban J connectivity index is 2.83. The van der Waals surface area contributed by atoms with Crippen LogP contribution < -0.4 is 10.3 Å². The van der Waals surface area contributed by atoms with E-state index in [1.807, 2.05) is 0 Å². The zero-order valence-electron chi connectivity index (χ0n) is 12.7.